The first-order valence-electron chi connectivity index (χ1n) is 2.84. The van der Waals surface area contributed by atoms with E-state index < -0.39 is 0 Å². The SMILES string of the molecule is [B].[CH2-]n1ccn(CC)c1=O.[Y]. The zero-order chi connectivity index (χ0) is 6.85. The van der Waals surface area contributed by atoms with Crippen molar-refractivity contribution in [3.8, 4) is 0 Å². The summed E-state index contributed by atoms with van der Waals surface area (Å²) in [5.41, 5.74) is -0.0579. The molecule has 0 aliphatic carbocycles. The van der Waals surface area contributed by atoms with Crippen LogP contribution in [-0.4, -0.2) is 17.5 Å². The topological polar surface area (TPSA) is 26.9 Å². The molecule has 1 aromatic heterocycles. The number of aromatic nitrogens is 2. The molecule has 56 valence electrons. The van der Waals surface area contributed by atoms with E-state index in [0.717, 1.165) is 0 Å². The van der Waals surface area contributed by atoms with E-state index >= 15 is 0 Å². The second-order valence-electron chi connectivity index (χ2n) is 1.84. The van der Waals surface area contributed by atoms with Crippen molar-refractivity contribution in [1.82, 2.24) is 9.13 Å². The number of rotatable bonds is 1. The van der Waals surface area contributed by atoms with Gasteiger partial charge in [0.2, 0.25) is 5.69 Å². The van der Waals surface area contributed by atoms with Crippen LogP contribution in [-0.2, 0) is 39.3 Å². The Morgan fingerprint density at radius 2 is 2.09 bits per heavy atom. The summed E-state index contributed by atoms with van der Waals surface area (Å²) in [7, 11) is 3.47. The van der Waals surface area contributed by atoms with Crippen LogP contribution in [0, 0.1) is 7.05 Å². The van der Waals surface area contributed by atoms with Crippen LogP contribution >= 0.6 is 0 Å². The molecule has 0 spiro atoms. The van der Waals surface area contributed by atoms with Crippen LogP contribution in [0.15, 0.2) is 17.2 Å². The van der Waals surface area contributed by atoms with Crippen molar-refractivity contribution >= 4 is 8.41 Å². The van der Waals surface area contributed by atoms with Crippen molar-refractivity contribution < 1.29 is 32.7 Å². The second kappa shape index (κ2) is 5.67. The fourth-order valence-corrected chi connectivity index (χ4v) is 0.694. The number of aryl methyl sites for hydroxylation is 1. The van der Waals surface area contributed by atoms with Gasteiger partial charge >= 0.3 is 0 Å². The fraction of sp³-hybridized carbons (Fsp3) is 0.333. The van der Waals surface area contributed by atoms with Gasteiger partial charge in [-0.15, -0.1) is 7.05 Å². The van der Waals surface area contributed by atoms with E-state index in [-0.39, 0.29) is 46.8 Å². The van der Waals surface area contributed by atoms with E-state index in [9.17, 15) is 4.79 Å². The molecule has 0 amide bonds. The Bertz CT molecular complexity index is 255. The van der Waals surface area contributed by atoms with Gasteiger partial charge in [0.25, 0.3) is 0 Å². The van der Waals surface area contributed by atoms with Gasteiger partial charge in [0.1, 0.15) is 0 Å². The minimum atomic E-state index is -0.0579. The van der Waals surface area contributed by atoms with Gasteiger partial charge in [-0.1, -0.05) is 6.20 Å². The zero-order valence-electron chi connectivity index (χ0n) is 6.53. The van der Waals surface area contributed by atoms with Gasteiger partial charge < -0.3 is 13.9 Å². The fourth-order valence-electron chi connectivity index (χ4n) is 0.694. The Balaban J connectivity index is 0. The van der Waals surface area contributed by atoms with Crippen LogP contribution in [0.1, 0.15) is 6.92 Å². The Labute approximate surface area is 93.2 Å². The summed E-state index contributed by atoms with van der Waals surface area (Å²) in [5.74, 6) is 0. The molecular weight excluding hydrogens is 216 g/mol. The first-order chi connectivity index (χ1) is 4.25. The Hall–Kier alpha value is 0.0488. The number of imidazole rings is 1. The summed E-state index contributed by atoms with van der Waals surface area (Å²) in [6, 6.07) is 0. The molecule has 0 N–H and O–H groups in total. The Kier molecular flexibility index (Phi) is 7.02. The maximum atomic E-state index is 10.9. The quantitative estimate of drug-likeness (QED) is 0.485. The molecule has 0 saturated heterocycles. The molecule has 1 aromatic rings. The Morgan fingerprint density at radius 1 is 1.55 bits per heavy atom. The normalized spacial score (nSPS) is 8.09. The monoisotopic (exact) mass is 225 g/mol. The zero-order valence-corrected chi connectivity index (χ0v) is 9.36. The molecule has 4 radical (unpaired) electrons. The molecule has 5 heteroatoms. The van der Waals surface area contributed by atoms with Crippen molar-refractivity contribution in [2.24, 2.45) is 0 Å². The average molecular weight is 225 g/mol. The van der Waals surface area contributed by atoms with Crippen LogP contribution in [0.2, 0.25) is 0 Å². The van der Waals surface area contributed by atoms with Gasteiger partial charge in [-0.25, -0.2) is 0 Å². The number of hydrogen-bond donors (Lipinski definition) is 0. The minimum Gasteiger partial charge on any atom is -0.439 e. The van der Waals surface area contributed by atoms with E-state index in [1.807, 2.05) is 6.92 Å². The van der Waals surface area contributed by atoms with Crippen LogP contribution in [0.5, 0.6) is 0 Å². The van der Waals surface area contributed by atoms with Gasteiger partial charge in [0.05, 0.1) is 0 Å². The van der Waals surface area contributed by atoms with E-state index in [1.165, 1.54) is 4.57 Å². The summed E-state index contributed by atoms with van der Waals surface area (Å²) in [4.78, 5) is 10.9. The minimum absolute atomic E-state index is 0. The van der Waals surface area contributed by atoms with Crippen molar-refractivity contribution in [1.29, 1.82) is 0 Å². The molecule has 0 unspecified atom stereocenters. The molecule has 0 bridgehead atoms. The van der Waals surface area contributed by atoms with Gasteiger partial charge in [-0.05, 0) is 13.1 Å². The third kappa shape index (κ3) is 2.87. The molecule has 0 saturated carbocycles. The molecule has 11 heavy (non-hydrogen) atoms. The summed E-state index contributed by atoms with van der Waals surface area (Å²) >= 11 is 0. The van der Waals surface area contributed by atoms with Gasteiger partial charge in [0.15, 0.2) is 0 Å². The first kappa shape index (κ1) is 13.6. The molecule has 0 fully saturated rings. The van der Waals surface area contributed by atoms with E-state index in [2.05, 4.69) is 7.05 Å². The third-order valence-corrected chi connectivity index (χ3v) is 1.26. The van der Waals surface area contributed by atoms with Crippen molar-refractivity contribution in [2.75, 3.05) is 0 Å². The predicted octanol–water partition coefficient (Wildman–Crippen LogP) is -0.0739. The predicted molar refractivity (Wildman–Crippen MR) is 40.9 cm³/mol. The second-order valence-corrected chi connectivity index (χ2v) is 1.84. The van der Waals surface area contributed by atoms with Crippen LogP contribution in [0.25, 0.3) is 0 Å². The standard InChI is InChI=1S/C6H9N2O.B.Y/c1-3-8-5-4-7(2)6(8)9;;/h4-5H,2-3H2,1H3;;/q-1;;. The van der Waals surface area contributed by atoms with Crippen LogP contribution in [0.3, 0.4) is 0 Å². The molecule has 0 aromatic carbocycles. The van der Waals surface area contributed by atoms with Gasteiger partial charge in [-0.2, -0.15) is 0 Å². The van der Waals surface area contributed by atoms with Gasteiger partial charge in [-0.3, -0.25) is 0 Å². The van der Waals surface area contributed by atoms with E-state index in [4.69, 9.17) is 0 Å². The van der Waals surface area contributed by atoms with Crippen LogP contribution in [0.4, 0.5) is 0 Å². The Morgan fingerprint density at radius 3 is 2.27 bits per heavy atom. The molecule has 1 heterocycles. The van der Waals surface area contributed by atoms with Crippen molar-refractivity contribution in [3.05, 3.63) is 29.9 Å². The van der Waals surface area contributed by atoms with Gasteiger partial charge in [0, 0.05) is 47.7 Å². The van der Waals surface area contributed by atoms with Crippen molar-refractivity contribution in [3.63, 3.8) is 0 Å². The maximum Gasteiger partial charge on any atom is 0.215 e. The number of nitrogens with zero attached hydrogens (tertiary/aromatic N) is 2. The summed E-state index contributed by atoms with van der Waals surface area (Å²) in [5, 5.41) is 0. The first-order valence-corrected chi connectivity index (χ1v) is 2.84. The summed E-state index contributed by atoms with van der Waals surface area (Å²) < 4.78 is 2.90. The molecule has 0 aliphatic rings. The molecular formula is C6H9BN2OY-. The number of hydrogen-bond acceptors (Lipinski definition) is 1. The van der Waals surface area contributed by atoms with Crippen molar-refractivity contribution in [2.45, 2.75) is 13.5 Å². The summed E-state index contributed by atoms with van der Waals surface area (Å²) in [6.45, 7) is 2.63. The smallest absolute Gasteiger partial charge is 0.215 e. The third-order valence-electron chi connectivity index (χ3n) is 1.26. The van der Waals surface area contributed by atoms with E-state index in [0.29, 0.717) is 6.54 Å². The molecule has 1 rings (SSSR count). The van der Waals surface area contributed by atoms with E-state index in [1.54, 1.807) is 17.0 Å². The summed E-state index contributed by atoms with van der Waals surface area (Å²) in [6.07, 6.45) is 3.36. The molecule has 0 aliphatic heterocycles. The maximum absolute atomic E-state index is 10.9. The average Bonchev–Trinajstić information content (AvgIpc) is 2.15. The molecule has 0 atom stereocenters. The van der Waals surface area contributed by atoms with Crippen LogP contribution < -0.4 is 5.69 Å². The molecule has 3 nitrogen and oxygen atoms in total. The largest absolute Gasteiger partial charge is 0.439 e.